The topological polar surface area (TPSA) is 58.2 Å². The van der Waals surface area contributed by atoms with Crippen LogP contribution < -0.4 is 10.6 Å². The monoisotopic (exact) mass is 242 g/mol. The van der Waals surface area contributed by atoms with Crippen LogP contribution in [0, 0.1) is 6.92 Å². The third-order valence-corrected chi connectivity index (χ3v) is 2.01. The van der Waals surface area contributed by atoms with Gasteiger partial charge in [-0.05, 0) is 24.6 Å². The first kappa shape index (κ1) is 13.1. The average Bonchev–Trinajstić information content (AvgIpc) is 2.22. The second kappa shape index (κ2) is 5.38. The molecule has 0 unspecified atom stereocenters. The van der Waals surface area contributed by atoms with Gasteiger partial charge < -0.3 is 10.6 Å². The maximum atomic E-state index is 12.0. The van der Waals surface area contributed by atoms with Gasteiger partial charge in [-0.25, -0.2) is 0 Å². The summed E-state index contributed by atoms with van der Waals surface area (Å²) in [5.74, 6) is -1.65. The summed E-state index contributed by atoms with van der Waals surface area (Å²) in [6.45, 7) is 3.09. The molecule has 17 heavy (non-hydrogen) atoms. The van der Waals surface area contributed by atoms with Crippen molar-refractivity contribution in [3.63, 3.8) is 0 Å². The summed E-state index contributed by atoms with van der Waals surface area (Å²) in [6.07, 6.45) is -3.07. The molecule has 0 spiro atoms. The number of anilines is 2. The van der Waals surface area contributed by atoms with Gasteiger partial charge in [0.25, 0.3) is 5.91 Å². The molecule has 1 aromatic rings. The van der Waals surface area contributed by atoms with Crippen molar-refractivity contribution in [3.8, 4) is 0 Å². The predicted molar refractivity (Wildman–Crippen MR) is 60.1 cm³/mol. The van der Waals surface area contributed by atoms with Gasteiger partial charge in [-0.3, -0.25) is 9.59 Å². The Balaban J connectivity index is 2.88. The summed E-state index contributed by atoms with van der Waals surface area (Å²) in [4.78, 5) is 21.7. The summed E-state index contributed by atoms with van der Waals surface area (Å²) in [7, 11) is 0. The van der Waals surface area contributed by atoms with E-state index in [1.54, 1.807) is 13.0 Å². The van der Waals surface area contributed by atoms with Crippen molar-refractivity contribution in [1.82, 2.24) is 0 Å². The SMILES string of the molecule is CC(=O)Nc1cc(NC(=O)C(F)F)ccc1C. The molecular weight excluding hydrogens is 230 g/mol. The van der Waals surface area contributed by atoms with Crippen molar-refractivity contribution in [2.24, 2.45) is 0 Å². The number of nitrogens with one attached hydrogen (secondary N) is 2. The van der Waals surface area contributed by atoms with Gasteiger partial charge in [-0.15, -0.1) is 0 Å². The van der Waals surface area contributed by atoms with Gasteiger partial charge in [-0.1, -0.05) is 6.07 Å². The first-order valence-electron chi connectivity index (χ1n) is 4.87. The molecule has 1 aromatic carbocycles. The summed E-state index contributed by atoms with van der Waals surface area (Å²) in [5, 5.41) is 4.58. The van der Waals surface area contributed by atoms with E-state index < -0.39 is 12.3 Å². The van der Waals surface area contributed by atoms with E-state index >= 15 is 0 Å². The third kappa shape index (κ3) is 3.82. The van der Waals surface area contributed by atoms with Crippen molar-refractivity contribution in [3.05, 3.63) is 23.8 Å². The van der Waals surface area contributed by atoms with E-state index in [-0.39, 0.29) is 11.6 Å². The molecule has 0 aliphatic heterocycles. The minimum Gasteiger partial charge on any atom is -0.326 e. The molecule has 0 fully saturated rings. The molecule has 2 amide bonds. The number of alkyl halides is 2. The molecule has 0 atom stereocenters. The third-order valence-electron chi connectivity index (χ3n) is 2.01. The van der Waals surface area contributed by atoms with Crippen molar-refractivity contribution in [2.75, 3.05) is 10.6 Å². The smallest absolute Gasteiger partial charge is 0.315 e. The Kier molecular flexibility index (Phi) is 4.14. The predicted octanol–water partition coefficient (Wildman–Crippen LogP) is 2.16. The highest BCUT2D eigenvalue weighted by molar-refractivity contribution is 5.95. The van der Waals surface area contributed by atoms with Crippen LogP contribution in [0.15, 0.2) is 18.2 Å². The second-order valence-corrected chi connectivity index (χ2v) is 3.50. The number of carbonyl (C=O) groups is 2. The molecule has 92 valence electrons. The van der Waals surface area contributed by atoms with Crippen LogP contribution in [0.3, 0.4) is 0 Å². The Bertz CT molecular complexity index is 447. The lowest BCUT2D eigenvalue weighted by Crippen LogP contribution is -2.20. The lowest BCUT2D eigenvalue weighted by atomic mass is 10.1. The quantitative estimate of drug-likeness (QED) is 0.853. The molecule has 0 bridgehead atoms. The van der Waals surface area contributed by atoms with E-state index in [1.807, 2.05) is 5.32 Å². The number of aryl methyl sites for hydroxylation is 1. The first-order chi connectivity index (χ1) is 7.90. The van der Waals surface area contributed by atoms with Crippen LogP contribution in [0.2, 0.25) is 0 Å². The van der Waals surface area contributed by atoms with Crippen molar-refractivity contribution >= 4 is 23.2 Å². The maximum Gasteiger partial charge on any atom is 0.315 e. The number of rotatable bonds is 3. The van der Waals surface area contributed by atoms with Crippen LogP contribution in [0.1, 0.15) is 12.5 Å². The standard InChI is InChI=1S/C11H12F2N2O2/c1-6-3-4-8(15-11(17)10(12)13)5-9(6)14-7(2)16/h3-5,10H,1-2H3,(H,14,16)(H,15,17). The zero-order chi connectivity index (χ0) is 13.0. The Morgan fingerprint density at radius 3 is 2.41 bits per heavy atom. The second-order valence-electron chi connectivity index (χ2n) is 3.50. The fourth-order valence-corrected chi connectivity index (χ4v) is 1.22. The fourth-order valence-electron chi connectivity index (χ4n) is 1.22. The van der Waals surface area contributed by atoms with Gasteiger partial charge in [0, 0.05) is 18.3 Å². The minimum absolute atomic E-state index is 0.213. The number of amides is 2. The normalized spacial score (nSPS) is 10.2. The van der Waals surface area contributed by atoms with Gasteiger partial charge in [0.1, 0.15) is 0 Å². The highest BCUT2D eigenvalue weighted by Gasteiger charge is 2.15. The zero-order valence-electron chi connectivity index (χ0n) is 9.38. The number of carbonyl (C=O) groups excluding carboxylic acids is 2. The van der Waals surface area contributed by atoms with Gasteiger partial charge in [0.2, 0.25) is 5.91 Å². The number of halogens is 2. The fraction of sp³-hybridized carbons (Fsp3) is 0.273. The van der Waals surface area contributed by atoms with Crippen molar-refractivity contribution in [1.29, 1.82) is 0 Å². The van der Waals surface area contributed by atoms with Gasteiger partial charge in [0.05, 0.1) is 0 Å². The van der Waals surface area contributed by atoms with Gasteiger partial charge >= 0.3 is 6.43 Å². The van der Waals surface area contributed by atoms with E-state index in [9.17, 15) is 18.4 Å². The van der Waals surface area contributed by atoms with Gasteiger partial charge in [0.15, 0.2) is 0 Å². The first-order valence-corrected chi connectivity index (χ1v) is 4.87. The van der Waals surface area contributed by atoms with E-state index in [0.717, 1.165) is 5.56 Å². The number of benzene rings is 1. The van der Waals surface area contributed by atoms with Crippen LogP contribution in [-0.4, -0.2) is 18.2 Å². The largest absolute Gasteiger partial charge is 0.326 e. The molecule has 0 aliphatic rings. The zero-order valence-corrected chi connectivity index (χ0v) is 9.38. The Morgan fingerprint density at radius 1 is 1.24 bits per heavy atom. The minimum atomic E-state index is -3.07. The summed E-state index contributed by atoms with van der Waals surface area (Å²) in [5.41, 5.74) is 1.46. The lowest BCUT2D eigenvalue weighted by molar-refractivity contribution is -0.126. The Labute approximate surface area is 97.0 Å². The molecule has 4 nitrogen and oxygen atoms in total. The molecule has 2 N–H and O–H groups in total. The molecule has 0 saturated carbocycles. The molecule has 0 heterocycles. The van der Waals surface area contributed by atoms with Crippen LogP contribution >= 0.6 is 0 Å². The molecule has 0 aromatic heterocycles. The van der Waals surface area contributed by atoms with E-state index in [4.69, 9.17) is 0 Å². The molecular formula is C11H12F2N2O2. The lowest BCUT2D eigenvalue weighted by Gasteiger charge is -2.10. The number of hydrogen-bond acceptors (Lipinski definition) is 2. The highest BCUT2D eigenvalue weighted by Crippen LogP contribution is 2.20. The van der Waals surface area contributed by atoms with E-state index in [1.165, 1.54) is 19.1 Å². The van der Waals surface area contributed by atoms with Crippen LogP contribution in [0.25, 0.3) is 0 Å². The average molecular weight is 242 g/mol. The van der Waals surface area contributed by atoms with Crippen molar-refractivity contribution < 1.29 is 18.4 Å². The highest BCUT2D eigenvalue weighted by atomic mass is 19.3. The number of hydrogen-bond donors (Lipinski definition) is 2. The van der Waals surface area contributed by atoms with E-state index in [0.29, 0.717) is 5.69 Å². The van der Waals surface area contributed by atoms with Crippen LogP contribution in [0.5, 0.6) is 0 Å². The van der Waals surface area contributed by atoms with Gasteiger partial charge in [-0.2, -0.15) is 8.78 Å². The van der Waals surface area contributed by atoms with Crippen LogP contribution in [-0.2, 0) is 9.59 Å². The molecule has 0 aliphatic carbocycles. The Morgan fingerprint density at radius 2 is 1.88 bits per heavy atom. The summed E-state index contributed by atoms with van der Waals surface area (Å²) in [6, 6.07) is 4.53. The maximum absolute atomic E-state index is 12.0. The molecule has 6 heteroatoms. The Hall–Kier alpha value is -1.98. The van der Waals surface area contributed by atoms with E-state index in [2.05, 4.69) is 5.32 Å². The molecule has 1 rings (SSSR count). The molecule has 0 radical (unpaired) electrons. The van der Waals surface area contributed by atoms with Crippen molar-refractivity contribution in [2.45, 2.75) is 20.3 Å². The van der Waals surface area contributed by atoms with Crippen LogP contribution in [0.4, 0.5) is 20.2 Å². The summed E-state index contributed by atoms with van der Waals surface area (Å²) >= 11 is 0. The summed E-state index contributed by atoms with van der Waals surface area (Å²) < 4.78 is 24.0. The molecule has 0 saturated heterocycles.